The van der Waals surface area contributed by atoms with E-state index in [1.807, 2.05) is 0 Å². The summed E-state index contributed by atoms with van der Waals surface area (Å²) >= 11 is 0. The van der Waals surface area contributed by atoms with Crippen molar-refractivity contribution >= 4 is 11.9 Å². The fraction of sp³-hybridized carbons (Fsp3) is 0.913. The Balaban J connectivity index is 1.77. The lowest BCUT2D eigenvalue weighted by Crippen LogP contribution is -2.40. The number of carboxylic acids is 1. The van der Waals surface area contributed by atoms with Gasteiger partial charge in [-0.05, 0) is 64.2 Å². The molecule has 2 aliphatic rings. The van der Waals surface area contributed by atoms with E-state index in [-0.39, 0.29) is 23.4 Å². The van der Waals surface area contributed by atoms with Crippen molar-refractivity contribution in [1.82, 2.24) is 0 Å². The zero-order valence-corrected chi connectivity index (χ0v) is 17.3. The second-order valence-corrected chi connectivity index (χ2v) is 8.92. The maximum atomic E-state index is 12.8. The highest BCUT2D eigenvalue weighted by molar-refractivity contribution is 5.74. The van der Waals surface area contributed by atoms with Gasteiger partial charge in [-0.2, -0.15) is 0 Å². The minimum absolute atomic E-state index is 0.0521. The largest absolute Gasteiger partial charge is 0.481 e. The van der Waals surface area contributed by atoms with Crippen LogP contribution in [0.1, 0.15) is 116 Å². The molecule has 0 amide bonds. The summed E-state index contributed by atoms with van der Waals surface area (Å²) in [4.78, 5) is 23.9. The van der Waals surface area contributed by atoms with E-state index < -0.39 is 5.97 Å². The Bertz CT molecular complexity index is 445. The van der Waals surface area contributed by atoms with Gasteiger partial charge in [-0.15, -0.1) is 0 Å². The van der Waals surface area contributed by atoms with E-state index in [1.165, 1.54) is 44.9 Å². The molecule has 2 rings (SSSR count). The number of carbonyl (C=O) groups is 2. The first kappa shape index (κ1) is 22.2. The summed E-state index contributed by atoms with van der Waals surface area (Å²) < 4.78 is 6.17. The first-order chi connectivity index (χ1) is 13.1. The van der Waals surface area contributed by atoms with Crippen LogP contribution < -0.4 is 0 Å². The molecule has 0 heterocycles. The van der Waals surface area contributed by atoms with E-state index in [1.54, 1.807) is 0 Å². The van der Waals surface area contributed by atoms with Gasteiger partial charge in [0.05, 0.1) is 11.8 Å². The number of hydrogen-bond donors (Lipinski definition) is 1. The Morgan fingerprint density at radius 2 is 1.41 bits per heavy atom. The maximum absolute atomic E-state index is 12.8. The number of hydrogen-bond acceptors (Lipinski definition) is 3. The fourth-order valence-corrected chi connectivity index (χ4v) is 4.88. The van der Waals surface area contributed by atoms with Crippen LogP contribution in [0.5, 0.6) is 0 Å². The molecule has 0 bridgehead atoms. The smallest absolute Gasteiger partial charge is 0.309 e. The monoisotopic (exact) mass is 380 g/mol. The van der Waals surface area contributed by atoms with Crippen molar-refractivity contribution in [2.75, 3.05) is 0 Å². The molecule has 0 aliphatic heterocycles. The average molecular weight is 381 g/mol. The van der Waals surface area contributed by atoms with Crippen LogP contribution in [0.3, 0.4) is 0 Å². The topological polar surface area (TPSA) is 63.6 Å². The summed E-state index contributed by atoms with van der Waals surface area (Å²) in [5.74, 6) is -1.13. The van der Waals surface area contributed by atoms with Gasteiger partial charge in [-0.25, -0.2) is 0 Å². The molecule has 0 atom stereocenters. The molecule has 2 saturated carbocycles. The van der Waals surface area contributed by atoms with Gasteiger partial charge in [0, 0.05) is 0 Å². The Kier molecular flexibility index (Phi) is 9.64. The van der Waals surface area contributed by atoms with Gasteiger partial charge < -0.3 is 9.84 Å². The minimum atomic E-state index is -0.718. The van der Waals surface area contributed by atoms with Crippen LogP contribution in [0.15, 0.2) is 0 Å². The van der Waals surface area contributed by atoms with Gasteiger partial charge in [0.1, 0.15) is 5.60 Å². The first-order valence-corrected chi connectivity index (χ1v) is 11.5. The highest BCUT2D eigenvalue weighted by Gasteiger charge is 2.38. The van der Waals surface area contributed by atoms with E-state index in [0.717, 1.165) is 38.5 Å². The van der Waals surface area contributed by atoms with Crippen LogP contribution in [-0.2, 0) is 14.3 Å². The number of aliphatic carboxylic acids is 1. The predicted octanol–water partition coefficient (Wildman–Crippen LogP) is 6.26. The third-order valence-electron chi connectivity index (χ3n) is 6.73. The third-order valence-corrected chi connectivity index (χ3v) is 6.73. The molecule has 0 radical (unpaired) electrons. The van der Waals surface area contributed by atoms with Crippen LogP contribution in [0.2, 0.25) is 0 Å². The maximum Gasteiger partial charge on any atom is 0.309 e. The van der Waals surface area contributed by atoms with Crippen molar-refractivity contribution in [3.63, 3.8) is 0 Å². The van der Waals surface area contributed by atoms with Crippen molar-refractivity contribution < 1.29 is 19.4 Å². The lowest BCUT2D eigenvalue weighted by atomic mass is 9.79. The molecule has 27 heavy (non-hydrogen) atoms. The van der Waals surface area contributed by atoms with Crippen molar-refractivity contribution in [1.29, 1.82) is 0 Å². The molecule has 156 valence electrons. The molecule has 0 saturated heterocycles. The van der Waals surface area contributed by atoms with Crippen LogP contribution in [-0.4, -0.2) is 22.6 Å². The summed E-state index contributed by atoms with van der Waals surface area (Å²) in [6, 6.07) is 0. The molecule has 2 fully saturated rings. The number of carboxylic acid groups (broad SMARTS) is 1. The third kappa shape index (κ3) is 7.46. The number of ether oxygens (including phenoxy) is 1. The van der Waals surface area contributed by atoms with E-state index in [2.05, 4.69) is 6.92 Å². The zero-order chi connectivity index (χ0) is 19.5. The number of rotatable bonds is 11. The molecule has 2 aliphatic carbocycles. The van der Waals surface area contributed by atoms with Crippen LogP contribution >= 0.6 is 0 Å². The van der Waals surface area contributed by atoms with Crippen LogP contribution in [0.4, 0.5) is 0 Å². The minimum Gasteiger partial charge on any atom is -0.481 e. The molecule has 0 aromatic carbocycles. The number of carbonyl (C=O) groups excluding carboxylic acids is 1. The van der Waals surface area contributed by atoms with Crippen molar-refractivity contribution in [3.8, 4) is 0 Å². The van der Waals surface area contributed by atoms with E-state index in [4.69, 9.17) is 9.84 Å². The number of esters is 1. The van der Waals surface area contributed by atoms with Gasteiger partial charge in [0.2, 0.25) is 0 Å². The van der Waals surface area contributed by atoms with Gasteiger partial charge in [0.25, 0.3) is 0 Å². The summed E-state index contributed by atoms with van der Waals surface area (Å²) in [5.41, 5.74) is -0.234. The van der Waals surface area contributed by atoms with E-state index >= 15 is 0 Å². The predicted molar refractivity (Wildman–Crippen MR) is 108 cm³/mol. The zero-order valence-electron chi connectivity index (χ0n) is 17.3. The second kappa shape index (κ2) is 11.7. The Morgan fingerprint density at radius 3 is 2.00 bits per heavy atom. The highest BCUT2D eigenvalue weighted by atomic mass is 16.6. The van der Waals surface area contributed by atoms with Crippen LogP contribution in [0.25, 0.3) is 0 Å². The van der Waals surface area contributed by atoms with E-state index in [0.29, 0.717) is 25.7 Å². The van der Waals surface area contributed by atoms with Crippen molar-refractivity contribution in [2.45, 2.75) is 122 Å². The lowest BCUT2D eigenvalue weighted by molar-refractivity contribution is -0.172. The second-order valence-electron chi connectivity index (χ2n) is 8.92. The molecule has 4 nitrogen and oxygen atoms in total. The quantitative estimate of drug-likeness (QED) is 0.339. The highest BCUT2D eigenvalue weighted by Crippen LogP contribution is 2.38. The van der Waals surface area contributed by atoms with Crippen molar-refractivity contribution in [2.24, 2.45) is 11.8 Å². The molecular weight excluding hydrogens is 340 g/mol. The summed E-state index contributed by atoms with van der Waals surface area (Å²) in [6.45, 7) is 2.25. The molecule has 0 spiro atoms. The molecule has 0 unspecified atom stereocenters. The van der Waals surface area contributed by atoms with Gasteiger partial charge in [-0.3, -0.25) is 9.59 Å². The van der Waals surface area contributed by atoms with E-state index in [9.17, 15) is 9.59 Å². The lowest BCUT2D eigenvalue weighted by Gasteiger charge is -2.38. The normalized spacial score (nSPS) is 25.1. The number of unbranched alkanes of at least 4 members (excludes halogenated alkanes) is 6. The molecule has 4 heteroatoms. The Hall–Kier alpha value is -1.06. The summed E-state index contributed by atoms with van der Waals surface area (Å²) in [6.07, 6.45) is 18.2. The summed E-state index contributed by atoms with van der Waals surface area (Å²) in [5, 5.41) is 9.14. The van der Waals surface area contributed by atoms with Crippen molar-refractivity contribution in [3.05, 3.63) is 0 Å². The van der Waals surface area contributed by atoms with Crippen LogP contribution in [0, 0.1) is 11.8 Å². The van der Waals surface area contributed by atoms with Gasteiger partial charge in [-0.1, -0.05) is 51.9 Å². The first-order valence-electron chi connectivity index (χ1n) is 11.5. The average Bonchev–Trinajstić information content (AvgIpc) is 2.68. The fourth-order valence-electron chi connectivity index (χ4n) is 4.88. The standard InChI is InChI=1S/C23H40O4/c1-2-3-4-5-6-7-9-16-23(17-10-8-11-18-23)27-22(26)20-14-12-19(13-15-20)21(24)25/h19-20H,2-18H2,1H3,(H,24,25). The molecule has 1 N–H and O–H groups in total. The Morgan fingerprint density at radius 1 is 0.852 bits per heavy atom. The van der Waals surface area contributed by atoms with Gasteiger partial charge >= 0.3 is 11.9 Å². The molecule has 0 aromatic rings. The Labute approximate surface area is 165 Å². The molecule has 0 aromatic heterocycles. The molecular formula is C23H40O4. The summed E-state index contributed by atoms with van der Waals surface area (Å²) in [7, 11) is 0. The SMILES string of the molecule is CCCCCCCCCC1(OC(=O)C2CCC(C(=O)O)CC2)CCCCC1. The van der Waals surface area contributed by atoms with Gasteiger partial charge in [0.15, 0.2) is 0 Å².